The van der Waals surface area contributed by atoms with Crippen molar-refractivity contribution in [1.29, 1.82) is 0 Å². The maximum atomic E-state index is 12.7. The van der Waals surface area contributed by atoms with Crippen LogP contribution in [0.5, 0.6) is 0 Å². The summed E-state index contributed by atoms with van der Waals surface area (Å²) < 4.78 is 0. The molecule has 1 aromatic rings. The Kier molecular flexibility index (Phi) is 4.83. The predicted octanol–water partition coefficient (Wildman–Crippen LogP) is 2.80. The zero-order valence-corrected chi connectivity index (χ0v) is 12.3. The van der Waals surface area contributed by atoms with Gasteiger partial charge in [-0.2, -0.15) is 0 Å². The number of nitrogens with zero attached hydrogens (tertiary/aromatic N) is 1. The lowest BCUT2D eigenvalue weighted by atomic mass is 10.0. The Labute approximate surface area is 119 Å². The van der Waals surface area contributed by atoms with E-state index in [2.05, 4.69) is 19.2 Å². The fourth-order valence-corrected chi connectivity index (χ4v) is 2.75. The van der Waals surface area contributed by atoms with Gasteiger partial charge in [0, 0.05) is 19.1 Å². The molecule has 0 saturated carbocycles. The number of rotatable bonds is 2. The molecule has 1 aliphatic rings. The number of amides is 1. The van der Waals surface area contributed by atoms with Crippen molar-refractivity contribution in [3.63, 3.8) is 0 Å². The van der Waals surface area contributed by atoms with Crippen molar-refractivity contribution in [2.45, 2.75) is 26.3 Å². The number of carbonyl (C=O) groups is 1. The largest absolute Gasteiger partial charge is 0.334 e. The standard InChI is InChI=1S/C15H21ClN2O/c1-11(2)14-10-17-8-5-9-18(14)15(19)12-6-3-4-7-13(12)16/h3-4,6-7,11,14,17H,5,8-10H2,1-2H3. The predicted molar refractivity (Wildman–Crippen MR) is 78.6 cm³/mol. The lowest BCUT2D eigenvalue weighted by Crippen LogP contribution is -2.46. The lowest BCUT2D eigenvalue weighted by Gasteiger charge is -2.33. The maximum Gasteiger partial charge on any atom is 0.255 e. The second-order valence-electron chi connectivity index (χ2n) is 5.35. The number of hydrogen-bond donors (Lipinski definition) is 1. The van der Waals surface area contributed by atoms with Gasteiger partial charge in [-0.15, -0.1) is 0 Å². The van der Waals surface area contributed by atoms with Crippen molar-refractivity contribution in [2.75, 3.05) is 19.6 Å². The molecule has 3 nitrogen and oxygen atoms in total. The van der Waals surface area contributed by atoms with Gasteiger partial charge < -0.3 is 10.2 Å². The Hall–Kier alpha value is -1.06. The molecule has 1 aliphatic heterocycles. The minimum absolute atomic E-state index is 0.0491. The molecule has 0 spiro atoms. The van der Waals surface area contributed by atoms with Gasteiger partial charge in [-0.25, -0.2) is 0 Å². The van der Waals surface area contributed by atoms with E-state index >= 15 is 0 Å². The molecular weight excluding hydrogens is 260 g/mol. The molecule has 0 aliphatic carbocycles. The Morgan fingerprint density at radius 2 is 2.16 bits per heavy atom. The molecule has 1 saturated heterocycles. The highest BCUT2D eigenvalue weighted by Crippen LogP contribution is 2.21. The summed E-state index contributed by atoms with van der Waals surface area (Å²) in [5, 5.41) is 3.94. The van der Waals surface area contributed by atoms with Crippen molar-refractivity contribution in [2.24, 2.45) is 5.92 Å². The molecule has 19 heavy (non-hydrogen) atoms. The van der Waals surface area contributed by atoms with Crippen LogP contribution in [0, 0.1) is 5.92 Å². The van der Waals surface area contributed by atoms with Crippen LogP contribution in [0.25, 0.3) is 0 Å². The lowest BCUT2D eigenvalue weighted by molar-refractivity contribution is 0.0646. The quantitative estimate of drug-likeness (QED) is 0.903. The number of benzene rings is 1. The molecule has 4 heteroatoms. The summed E-state index contributed by atoms with van der Waals surface area (Å²) in [5.41, 5.74) is 0.608. The summed E-state index contributed by atoms with van der Waals surface area (Å²) in [4.78, 5) is 14.7. The van der Waals surface area contributed by atoms with Gasteiger partial charge in [0.15, 0.2) is 0 Å². The Balaban J connectivity index is 2.26. The van der Waals surface area contributed by atoms with Crippen molar-refractivity contribution in [1.82, 2.24) is 10.2 Å². The minimum atomic E-state index is 0.0491. The first-order valence-corrected chi connectivity index (χ1v) is 7.25. The van der Waals surface area contributed by atoms with Crippen LogP contribution in [0.1, 0.15) is 30.6 Å². The second kappa shape index (κ2) is 6.40. The first kappa shape index (κ1) is 14.4. The van der Waals surface area contributed by atoms with Crippen LogP contribution in [0.15, 0.2) is 24.3 Å². The first-order chi connectivity index (χ1) is 9.11. The van der Waals surface area contributed by atoms with E-state index in [1.54, 1.807) is 12.1 Å². The molecule has 0 aromatic heterocycles. The molecule has 1 atom stereocenters. The van der Waals surface area contributed by atoms with Crippen LogP contribution in [0.3, 0.4) is 0 Å². The van der Waals surface area contributed by atoms with E-state index in [-0.39, 0.29) is 11.9 Å². The molecule has 1 fully saturated rings. The molecule has 1 heterocycles. The van der Waals surface area contributed by atoms with Gasteiger partial charge >= 0.3 is 0 Å². The Bertz CT molecular complexity index is 448. The van der Waals surface area contributed by atoms with E-state index in [0.29, 0.717) is 16.5 Å². The fraction of sp³-hybridized carbons (Fsp3) is 0.533. The second-order valence-corrected chi connectivity index (χ2v) is 5.75. The third-order valence-electron chi connectivity index (χ3n) is 3.64. The average Bonchev–Trinajstić information content (AvgIpc) is 2.64. The van der Waals surface area contributed by atoms with Gasteiger partial charge in [-0.05, 0) is 31.0 Å². The van der Waals surface area contributed by atoms with Gasteiger partial charge in [0.05, 0.1) is 10.6 Å². The number of nitrogens with one attached hydrogen (secondary N) is 1. The monoisotopic (exact) mass is 280 g/mol. The minimum Gasteiger partial charge on any atom is -0.334 e. The SMILES string of the molecule is CC(C)C1CNCCCN1C(=O)c1ccccc1Cl. The van der Waals surface area contributed by atoms with Gasteiger partial charge in [0.2, 0.25) is 0 Å². The van der Waals surface area contributed by atoms with E-state index in [1.807, 2.05) is 17.0 Å². The zero-order chi connectivity index (χ0) is 13.8. The van der Waals surface area contributed by atoms with E-state index in [9.17, 15) is 4.79 Å². The van der Waals surface area contributed by atoms with Gasteiger partial charge in [-0.1, -0.05) is 37.6 Å². The Morgan fingerprint density at radius 1 is 1.42 bits per heavy atom. The van der Waals surface area contributed by atoms with Crippen molar-refractivity contribution in [3.05, 3.63) is 34.9 Å². The summed E-state index contributed by atoms with van der Waals surface area (Å²) in [6, 6.07) is 7.52. The molecule has 1 aromatic carbocycles. The molecule has 1 amide bonds. The highest BCUT2D eigenvalue weighted by Gasteiger charge is 2.29. The van der Waals surface area contributed by atoms with Crippen LogP contribution in [-0.4, -0.2) is 36.5 Å². The molecule has 0 radical (unpaired) electrons. The van der Waals surface area contributed by atoms with Gasteiger partial charge in [0.1, 0.15) is 0 Å². The van der Waals surface area contributed by atoms with Crippen LogP contribution in [0.2, 0.25) is 5.02 Å². The van der Waals surface area contributed by atoms with Gasteiger partial charge in [0.25, 0.3) is 5.91 Å². The first-order valence-electron chi connectivity index (χ1n) is 6.87. The van der Waals surface area contributed by atoms with E-state index in [4.69, 9.17) is 11.6 Å². The molecule has 1 N–H and O–H groups in total. The third-order valence-corrected chi connectivity index (χ3v) is 3.97. The number of carbonyl (C=O) groups excluding carboxylic acids is 1. The Morgan fingerprint density at radius 3 is 2.84 bits per heavy atom. The van der Waals surface area contributed by atoms with Crippen molar-refractivity contribution >= 4 is 17.5 Å². The highest BCUT2D eigenvalue weighted by molar-refractivity contribution is 6.33. The summed E-state index contributed by atoms with van der Waals surface area (Å²) in [6.45, 7) is 6.93. The molecular formula is C15H21ClN2O. The molecule has 1 unspecified atom stereocenters. The van der Waals surface area contributed by atoms with Crippen LogP contribution in [0.4, 0.5) is 0 Å². The summed E-state index contributed by atoms with van der Waals surface area (Å²) in [7, 11) is 0. The van der Waals surface area contributed by atoms with Crippen LogP contribution in [-0.2, 0) is 0 Å². The molecule has 0 bridgehead atoms. The van der Waals surface area contributed by atoms with E-state index < -0.39 is 0 Å². The smallest absolute Gasteiger partial charge is 0.255 e. The normalized spacial score (nSPS) is 20.4. The summed E-state index contributed by atoms with van der Waals surface area (Å²) in [6.07, 6.45) is 0.986. The van der Waals surface area contributed by atoms with E-state index in [0.717, 1.165) is 26.1 Å². The van der Waals surface area contributed by atoms with Crippen molar-refractivity contribution < 1.29 is 4.79 Å². The van der Waals surface area contributed by atoms with Crippen molar-refractivity contribution in [3.8, 4) is 0 Å². The number of hydrogen-bond acceptors (Lipinski definition) is 2. The third kappa shape index (κ3) is 3.28. The topological polar surface area (TPSA) is 32.3 Å². The highest BCUT2D eigenvalue weighted by atomic mass is 35.5. The number of halogens is 1. The maximum absolute atomic E-state index is 12.7. The van der Waals surface area contributed by atoms with Gasteiger partial charge in [-0.3, -0.25) is 4.79 Å². The zero-order valence-electron chi connectivity index (χ0n) is 11.5. The molecule has 104 valence electrons. The fourth-order valence-electron chi connectivity index (χ4n) is 2.54. The van der Waals surface area contributed by atoms with Crippen LogP contribution >= 0.6 is 11.6 Å². The summed E-state index contributed by atoms with van der Waals surface area (Å²) in [5.74, 6) is 0.477. The summed E-state index contributed by atoms with van der Waals surface area (Å²) >= 11 is 6.14. The molecule has 2 rings (SSSR count). The average molecular weight is 281 g/mol. The van der Waals surface area contributed by atoms with Crippen LogP contribution < -0.4 is 5.32 Å². The van der Waals surface area contributed by atoms with E-state index in [1.165, 1.54) is 0 Å².